The molecule has 0 saturated carbocycles. The van der Waals surface area contributed by atoms with Crippen molar-refractivity contribution in [2.24, 2.45) is 0 Å². The van der Waals surface area contributed by atoms with Gasteiger partial charge in [-0.2, -0.15) is 0 Å². The Labute approximate surface area is 108 Å². The van der Waals surface area contributed by atoms with E-state index < -0.39 is 22.3 Å². The first-order valence-electron chi connectivity index (χ1n) is 5.42. The van der Waals surface area contributed by atoms with E-state index in [-0.39, 0.29) is 5.56 Å². The summed E-state index contributed by atoms with van der Waals surface area (Å²) in [6, 6.07) is 12.4. The number of nitro benzene ring substituents is 1. The monoisotopic (exact) mass is 258 g/mol. The summed E-state index contributed by atoms with van der Waals surface area (Å²) in [4.78, 5) is 21.8. The Kier molecular flexibility index (Phi) is 3.42. The maximum absolute atomic E-state index is 11.9. The highest BCUT2D eigenvalue weighted by Crippen LogP contribution is 2.29. The third-order valence-corrected chi connectivity index (χ3v) is 2.49. The average molecular weight is 258 g/mol. The van der Waals surface area contributed by atoms with E-state index in [1.807, 2.05) is 0 Å². The number of rotatable bonds is 3. The van der Waals surface area contributed by atoms with Crippen molar-refractivity contribution in [3.63, 3.8) is 0 Å². The number of aromatic hydroxyl groups is 1. The Hall–Kier alpha value is -2.89. The molecule has 6 heteroatoms. The molecule has 0 saturated heterocycles. The average Bonchev–Trinajstić information content (AvgIpc) is 2.39. The van der Waals surface area contributed by atoms with Crippen LogP contribution in [0.25, 0.3) is 0 Å². The fourth-order valence-corrected chi connectivity index (χ4v) is 1.58. The zero-order chi connectivity index (χ0) is 13.8. The molecule has 2 aromatic rings. The Balaban J connectivity index is 2.30. The molecule has 2 aromatic carbocycles. The van der Waals surface area contributed by atoms with Crippen molar-refractivity contribution in [2.45, 2.75) is 0 Å². The van der Waals surface area contributed by atoms with E-state index in [4.69, 9.17) is 0 Å². The number of nitrogens with zero attached hydrogens (tertiary/aromatic N) is 1. The predicted molar refractivity (Wildman–Crippen MR) is 69.2 cm³/mol. The molecule has 6 nitrogen and oxygen atoms in total. The highest BCUT2D eigenvalue weighted by molar-refractivity contribution is 6.06. The van der Waals surface area contributed by atoms with E-state index in [2.05, 4.69) is 5.32 Å². The van der Waals surface area contributed by atoms with Gasteiger partial charge < -0.3 is 10.4 Å². The molecule has 0 spiro atoms. The molecule has 96 valence electrons. The first-order valence-corrected chi connectivity index (χ1v) is 5.42. The van der Waals surface area contributed by atoms with Gasteiger partial charge in [0.05, 0.1) is 10.5 Å². The molecular weight excluding hydrogens is 248 g/mol. The number of phenolic OH excluding ortho intramolecular Hbond substituents is 1. The molecule has 0 heterocycles. The van der Waals surface area contributed by atoms with Crippen LogP contribution in [0.3, 0.4) is 0 Å². The minimum Gasteiger partial charge on any atom is -0.502 e. The van der Waals surface area contributed by atoms with Gasteiger partial charge in [-0.3, -0.25) is 14.9 Å². The predicted octanol–water partition coefficient (Wildman–Crippen LogP) is 2.55. The number of anilines is 1. The zero-order valence-electron chi connectivity index (χ0n) is 9.74. The fourth-order valence-electron chi connectivity index (χ4n) is 1.58. The van der Waals surface area contributed by atoms with Gasteiger partial charge in [0.25, 0.3) is 5.91 Å². The number of amides is 1. The SMILES string of the molecule is O=C(Nc1ccccc1)c1cccc([N+](=O)[O-])c1O. The van der Waals surface area contributed by atoms with E-state index in [1.54, 1.807) is 30.3 Å². The lowest BCUT2D eigenvalue weighted by Crippen LogP contribution is -2.12. The number of phenols is 1. The summed E-state index contributed by atoms with van der Waals surface area (Å²) < 4.78 is 0. The van der Waals surface area contributed by atoms with Crippen molar-refractivity contribution in [1.29, 1.82) is 0 Å². The summed E-state index contributed by atoms with van der Waals surface area (Å²) in [6.07, 6.45) is 0. The van der Waals surface area contributed by atoms with Gasteiger partial charge in [0, 0.05) is 11.8 Å². The lowest BCUT2D eigenvalue weighted by molar-refractivity contribution is -0.385. The van der Waals surface area contributed by atoms with Gasteiger partial charge in [-0.1, -0.05) is 24.3 Å². The van der Waals surface area contributed by atoms with Crippen LogP contribution in [0, 0.1) is 10.1 Å². The Bertz CT molecular complexity index is 626. The molecule has 0 radical (unpaired) electrons. The minimum absolute atomic E-state index is 0.141. The van der Waals surface area contributed by atoms with Gasteiger partial charge >= 0.3 is 5.69 Å². The quantitative estimate of drug-likeness (QED) is 0.653. The van der Waals surface area contributed by atoms with Crippen LogP contribution in [-0.2, 0) is 0 Å². The smallest absolute Gasteiger partial charge is 0.311 e. The third-order valence-electron chi connectivity index (χ3n) is 2.49. The van der Waals surface area contributed by atoms with Gasteiger partial charge in [0.1, 0.15) is 0 Å². The van der Waals surface area contributed by atoms with E-state index in [1.165, 1.54) is 12.1 Å². The number of hydrogen-bond donors (Lipinski definition) is 2. The molecule has 0 aliphatic rings. The van der Waals surface area contributed by atoms with Gasteiger partial charge in [0.15, 0.2) is 0 Å². The van der Waals surface area contributed by atoms with E-state index in [0.29, 0.717) is 5.69 Å². The molecule has 0 unspecified atom stereocenters. The van der Waals surface area contributed by atoms with E-state index in [9.17, 15) is 20.0 Å². The van der Waals surface area contributed by atoms with Crippen LogP contribution >= 0.6 is 0 Å². The number of para-hydroxylation sites is 2. The number of hydrogen-bond acceptors (Lipinski definition) is 4. The van der Waals surface area contributed by atoms with Crippen LogP contribution in [0.2, 0.25) is 0 Å². The molecular formula is C13H10N2O4. The van der Waals surface area contributed by atoms with Crippen LogP contribution in [0.15, 0.2) is 48.5 Å². The van der Waals surface area contributed by atoms with Crippen molar-refractivity contribution >= 4 is 17.3 Å². The van der Waals surface area contributed by atoms with Crippen LogP contribution in [0.5, 0.6) is 5.75 Å². The zero-order valence-corrected chi connectivity index (χ0v) is 9.74. The normalized spacial score (nSPS) is 9.89. The molecule has 1 amide bonds. The van der Waals surface area contributed by atoms with Crippen molar-refractivity contribution in [3.8, 4) is 5.75 Å². The van der Waals surface area contributed by atoms with Gasteiger partial charge in [-0.15, -0.1) is 0 Å². The fraction of sp³-hybridized carbons (Fsp3) is 0. The van der Waals surface area contributed by atoms with Crippen LogP contribution in [0.4, 0.5) is 11.4 Å². The molecule has 0 aliphatic heterocycles. The summed E-state index contributed by atoms with van der Waals surface area (Å²) in [5.74, 6) is -1.24. The lowest BCUT2D eigenvalue weighted by atomic mass is 10.1. The van der Waals surface area contributed by atoms with Gasteiger partial charge in [-0.25, -0.2) is 0 Å². The Morgan fingerprint density at radius 1 is 1.11 bits per heavy atom. The van der Waals surface area contributed by atoms with Crippen molar-refractivity contribution < 1.29 is 14.8 Å². The van der Waals surface area contributed by atoms with Crippen LogP contribution in [-0.4, -0.2) is 15.9 Å². The van der Waals surface area contributed by atoms with Crippen molar-refractivity contribution in [1.82, 2.24) is 0 Å². The van der Waals surface area contributed by atoms with Crippen LogP contribution < -0.4 is 5.32 Å². The molecule has 2 N–H and O–H groups in total. The summed E-state index contributed by atoms with van der Waals surface area (Å²) in [6.45, 7) is 0. The molecule has 0 atom stereocenters. The molecule has 0 aliphatic carbocycles. The standard InChI is InChI=1S/C13H10N2O4/c16-12-10(7-4-8-11(12)15(18)19)13(17)14-9-5-2-1-3-6-9/h1-8,16H,(H,14,17). The summed E-state index contributed by atoms with van der Waals surface area (Å²) in [5, 5.41) is 22.9. The van der Waals surface area contributed by atoms with Gasteiger partial charge in [-0.05, 0) is 18.2 Å². The molecule has 2 rings (SSSR count). The van der Waals surface area contributed by atoms with Gasteiger partial charge in [0.2, 0.25) is 5.75 Å². The largest absolute Gasteiger partial charge is 0.502 e. The first-order chi connectivity index (χ1) is 9.09. The first kappa shape index (κ1) is 12.6. The summed E-state index contributed by atoms with van der Waals surface area (Å²) in [7, 11) is 0. The number of carbonyl (C=O) groups is 1. The minimum atomic E-state index is -0.741. The maximum atomic E-state index is 11.9. The second-order valence-corrected chi connectivity index (χ2v) is 3.75. The summed E-state index contributed by atoms with van der Waals surface area (Å²) >= 11 is 0. The Morgan fingerprint density at radius 2 is 1.79 bits per heavy atom. The molecule has 0 bridgehead atoms. The molecule has 19 heavy (non-hydrogen) atoms. The topological polar surface area (TPSA) is 92.5 Å². The lowest BCUT2D eigenvalue weighted by Gasteiger charge is -2.06. The second kappa shape index (κ2) is 5.18. The highest BCUT2D eigenvalue weighted by atomic mass is 16.6. The number of benzene rings is 2. The maximum Gasteiger partial charge on any atom is 0.311 e. The third kappa shape index (κ3) is 2.68. The molecule has 0 aromatic heterocycles. The summed E-state index contributed by atoms with van der Waals surface area (Å²) in [5.41, 5.74) is -0.0998. The molecule has 0 fully saturated rings. The van der Waals surface area contributed by atoms with Crippen LogP contribution in [0.1, 0.15) is 10.4 Å². The Morgan fingerprint density at radius 3 is 2.42 bits per heavy atom. The second-order valence-electron chi connectivity index (χ2n) is 3.75. The van der Waals surface area contributed by atoms with E-state index in [0.717, 1.165) is 6.07 Å². The highest BCUT2D eigenvalue weighted by Gasteiger charge is 2.20. The van der Waals surface area contributed by atoms with Crippen molar-refractivity contribution in [2.75, 3.05) is 5.32 Å². The number of nitro groups is 1. The number of carbonyl (C=O) groups excluding carboxylic acids is 1. The van der Waals surface area contributed by atoms with E-state index >= 15 is 0 Å². The van der Waals surface area contributed by atoms with Crippen molar-refractivity contribution in [3.05, 3.63) is 64.2 Å². The number of nitrogens with one attached hydrogen (secondary N) is 1.